The fourth-order valence-corrected chi connectivity index (χ4v) is 2.37. The predicted molar refractivity (Wildman–Crippen MR) is 90.9 cm³/mol. The second-order valence-electron chi connectivity index (χ2n) is 4.77. The molecule has 0 aliphatic rings. The van der Waals surface area contributed by atoms with Gasteiger partial charge in [-0.05, 0) is 31.0 Å². The van der Waals surface area contributed by atoms with Crippen molar-refractivity contribution in [3.05, 3.63) is 40.0 Å². The topological polar surface area (TPSA) is 56.1 Å². The van der Waals surface area contributed by atoms with Crippen LogP contribution in [0.25, 0.3) is 0 Å². The highest BCUT2D eigenvalue weighted by Gasteiger charge is 2.13. The van der Waals surface area contributed by atoms with E-state index in [0.29, 0.717) is 15.7 Å². The number of nitrogens with zero attached hydrogens (tertiary/aromatic N) is 2. The van der Waals surface area contributed by atoms with E-state index in [2.05, 4.69) is 19.2 Å². The molecular weight excluding hydrogens is 321 g/mol. The molecule has 1 rings (SSSR count). The first-order valence-electron chi connectivity index (χ1n) is 7.14. The third-order valence-corrected chi connectivity index (χ3v) is 3.43. The van der Waals surface area contributed by atoms with Crippen LogP contribution in [-0.4, -0.2) is 23.9 Å². The van der Waals surface area contributed by atoms with Gasteiger partial charge in [-0.2, -0.15) is 5.26 Å². The maximum Gasteiger partial charge on any atom is 0.267 e. The van der Waals surface area contributed by atoms with Crippen LogP contribution in [-0.2, 0) is 4.79 Å². The van der Waals surface area contributed by atoms with E-state index in [0.717, 1.165) is 25.9 Å². The summed E-state index contributed by atoms with van der Waals surface area (Å²) in [6.07, 6.45) is 3.49. The lowest BCUT2D eigenvalue weighted by Crippen LogP contribution is -2.22. The Morgan fingerprint density at radius 2 is 1.95 bits per heavy atom. The van der Waals surface area contributed by atoms with Crippen LogP contribution in [0.2, 0.25) is 10.0 Å². The highest BCUT2D eigenvalue weighted by Crippen LogP contribution is 2.25. The normalized spacial score (nSPS) is 11.0. The summed E-state index contributed by atoms with van der Waals surface area (Å²) in [4.78, 5) is 14.2. The van der Waals surface area contributed by atoms with Crippen molar-refractivity contribution in [3.8, 4) is 6.07 Å². The van der Waals surface area contributed by atoms with Crippen LogP contribution in [0, 0.1) is 11.3 Å². The number of carbonyl (C=O) groups is 1. The molecule has 1 aromatic rings. The molecule has 0 saturated carbocycles. The van der Waals surface area contributed by atoms with Gasteiger partial charge in [0.25, 0.3) is 5.91 Å². The van der Waals surface area contributed by atoms with Gasteiger partial charge in [0.2, 0.25) is 0 Å². The van der Waals surface area contributed by atoms with Crippen LogP contribution in [0.5, 0.6) is 0 Å². The molecule has 1 amide bonds. The van der Waals surface area contributed by atoms with Crippen molar-refractivity contribution >= 4 is 34.8 Å². The third-order valence-electron chi connectivity index (χ3n) is 2.88. The first kappa shape index (κ1) is 18.3. The fraction of sp³-hybridized carbons (Fsp3) is 0.375. The van der Waals surface area contributed by atoms with E-state index in [-0.39, 0.29) is 5.57 Å². The van der Waals surface area contributed by atoms with Crippen LogP contribution in [0.4, 0.5) is 5.69 Å². The lowest BCUT2D eigenvalue weighted by atomic mass is 10.2. The maximum absolute atomic E-state index is 12.2. The summed E-state index contributed by atoms with van der Waals surface area (Å²) in [6.45, 7) is 5.70. The van der Waals surface area contributed by atoms with Gasteiger partial charge in [0.05, 0.1) is 10.7 Å². The number of rotatable bonds is 7. The number of carbonyl (C=O) groups excluding carboxylic acids is 1. The molecule has 0 atom stereocenters. The Kier molecular flexibility index (Phi) is 7.79. The van der Waals surface area contributed by atoms with Crippen molar-refractivity contribution in [2.75, 3.05) is 18.4 Å². The predicted octanol–water partition coefficient (Wildman–Crippen LogP) is 4.46. The van der Waals surface area contributed by atoms with E-state index in [1.807, 2.05) is 11.0 Å². The summed E-state index contributed by atoms with van der Waals surface area (Å²) in [5.41, 5.74) is 0.475. The van der Waals surface area contributed by atoms with Crippen molar-refractivity contribution in [1.29, 1.82) is 5.26 Å². The van der Waals surface area contributed by atoms with Gasteiger partial charge in [-0.1, -0.05) is 37.0 Å². The minimum atomic E-state index is -0.482. The van der Waals surface area contributed by atoms with Gasteiger partial charge < -0.3 is 10.2 Å². The monoisotopic (exact) mass is 339 g/mol. The lowest BCUT2D eigenvalue weighted by molar-refractivity contribution is -0.112. The maximum atomic E-state index is 12.2. The lowest BCUT2D eigenvalue weighted by Gasteiger charge is -2.19. The Balaban J connectivity index is 2.89. The average Bonchev–Trinajstić information content (AvgIpc) is 2.47. The number of anilines is 1. The number of hydrogen-bond donors (Lipinski definition) is 1. The molecule has 0 unspecified atom stereocenters. The van der Waals surface area contributed by atoms with E-state index in [9.17, 15) is 10.1 Å². The summed E-state index contributed by atoms with van der Waals surface area (Å²) in [6, 6.07) is 6.70. The van der Waals surface area contributed by atoms with Crippen LogP contribution < -0.4 is 5.32 Å². The van der Waals surface area contributed by atoms with Crippen molar-refractivity contribution in [2.45, 2.75) is 26.7 Å². The van der Waals surface area contributed by atoms with E-state index in [1.54, 1.807) is 18.3 Å². The van der Waals surface area contributed by atoms with Gasteiger partial charge in [-0.15, -0.1) is 0 Å². The Bertz CT molecular complexity index is 588. The summed E-state index contributed by atoms with van der Waals surface area (Å²) in [5.74, 6) is -0.482. The summed E-state index contributed by atoms with van der Waals surface area (Å²) in [7, 11) is 0. The Hall–Kier alpha value is -1.70. The van der Waals surface area contributed by atoms with E-state index in [1.165, 1.54) is 6.07 Å². The summed E-state index contributed by atoms with van der Waals surface area (Å²) in [5, 5.41) is 12.7. The highest BCUT2D eigenvalue weighted by molar-refractivity contribution is 6.36. The molecule has 0 bridgehead atoms. The smallest absolute Gasteiger partial charge is 0.267 e. The van der Waals surface area contributed by atoms with Gasteiger partial charge in [0.15, 0.2) is 0 Å². The van der Waals surface area contributed by atoms with Crippen LogP contribution in [0.3, 0.4) is 0 Å². The molecule has 0 aliphatic carbocycles. The van der Waals surface area contributed by atoms with Crippen LogP contribution >= 0.6 is 23.2 Å². The first-order valence-corrected chi connectivity index (χ1v) is 7.89. The molecule has 118 valence electrons. The molecule has 22 heavy (non-hydrogen) atoms. The Morgan fingerprint density at radius 3 is 2.45 bits per heavy atom. The van der Waals surface area contributed by atoms with Gasteiger partial charge in [0, 0.05) is 24.3 Å². The first-order chi connectivity index (χ1) is 10.5. The standard InChI is InChI=1S/C16H19Cl2N3O/c1-3-7-21(8-4-2)11-12(10-19)16(22)20-15-6-5-13(17)9-14(15)18/h5-6,9,11H,3-4,7-8H2,1-2H3,(H,20,22)/b12-11-. The van der Waals surface area contributed by atoms with Gasteiger partial charge in [0.1, 0.15) is 11.6 Å². The van der Waals surface area contributed by atoms with Crippen LogP contribution in [0.1, 0.15) is 26.7 Å². The van der Waals surface area contributed by atoms with Gasteiger partial charge in [-0.25, -0.2) is 0 Å². The largest absolute Gasteiger partial charge is 0.376 e. The van der Waals surface area contributed by atoms with Crippen molar-refractivity contribution in [3.63, 3.8) is 0 Å². The molecule has 0 radical (unpaired) electrons. The second kappa shape index (κ2) is 9.34. The molecule has 1 aromatic carbocycles. The SMILES string of the molecule is CCCN(/C=C(/C#N)C(=O)Nc1ccc(Cl)cc1Cl)CCC. The second-order valence-corrected chi connectivity index (χ2v) is 5.61. The molecule has 6 heteroatoms. The molecule has 0 fully saturated rings. The number of nitrogens with one attached hydrogen (secondary N) is 1. The van der Waals surface area contributed by atoms with E-state index < -0.39 is 5.91 Å². The zero-order chi connectivity index (χ0) is 16.5. The molecule has 0 heterocycles. The van der Waals surface area contributed by atoms with E-state index >= 15 is 0 Å². The highest BCUT2D eigenvalue weighted by atomic mass is 35.5. The minimum Gasteiger partial charge on any atom is -0.376 e. The van der Waals surface area contributed by atoms with Crippen molar-refractivity contribution in [1.82, 2.24) is 4.90 Å². The summed E-state index contributed by atoms with van der Waals surface area (Å²) >= 11 is 11.8. The fourth-order valence-electron chi connectivity index (χ4n) is 1.92. The molecule has 4 nitrogen and oxygen atoms in total. The number of hydrogen-bond acceptors (Lipinski definition) is 3. The van der Waals surface area contributed by atoms with Crippen molar-refractivity contribution < 1.29 is 4.79 Å². The Morgan fingerprint density at radius 1 is 1.32 bits per heavy atom. The van der Waals surface area contributed by atoms with Crippen molar-refractivity contribution in [2.24, 2.45) is 0 Å². The molecule has 0 aromatic heterocycles. The van der Waals surface area contributed by atoms with Crippen LogP contribution in [0.15, 0.2) is 30.0 Å². The summed E-state index contributed by atoms with van der Waals surface area (Å²) < 4.78 is 0. The van der Waals surface area contributed by atoms with E-state index in [4.69, 9.17) is 23.2 Å². The molecule has 0 saturated heterocycles. The molecule has 0 spiro atoms. The quantitative estimate of drug-likeness (QED) is 0.589. The Labute approximate surface area is 141 Å². The average molecular weight is 340 g/mol. The third kappa shape index (κ3) is 5.59. The molecule has 0 aliphatic heterocycles. The zero-order valence-corrected chi connectivity index (χ0v) is 14.2. The minimum absolute atomic E-state index is 0.0490. The van der Waals surface area contributed by atoms with Gasteiger partial charge >= 0.3 is 0 Å². The van der Waals surface area contributed by atoms with Gasteiger partial charge in [-0.3, -0.25) is 4.79 Å². The number of halogens is 2. The number of benzene rings is 1. The zero-order valence-electron chi connectivity index (χ0n) is 12.7. The molecular formula is C16H19Cl2N3O. The number of nitriles is 1. The molecule has 1 N–H and O–H groups in total. The number of amides is 1.